The summed E-state index contributed by atoms with van der Waals surface area (Å²) in [6.45, 7) is 16.1. The molecule has 3 aromatic carbocycles. The van der Waals surface area contributed by atoms with Gasteiger partial charge in [0.1, 0.15) is 31.3 Å². The molecule has 1 N–H and O–H groups in total. The van der Waals surface area contributed by atoms with Crippen LogP contribution in [0.4, 0.5) is 4.79 Å². The van der Waals surface area contributed by atoms with Gasteiger partial charge < -0.3 is 33.8 Å². The molecule has 0 aliphatic rings. The van der Waals surface area contributed by atoms with E-state index in [9.17, 15) is 33.6 Å². The Morgan fingerprint density at radius 1 is 0.770 bits per heavy atom. The van der Waals surface area contributed by atoms with Gasteiger partial charge in [-0.2, -0.15) is 0 Å². The van der Waals surface area contributed by atoms with Crippen molar-refractivity contribution in [1.82, 2.24) is 5.32 Å². The molecule has 16 heteroatoms. The second-order valence-corrected chi connectivity index (χ2v) is 14.8. The minimum Gasteiger partial charge on any atom is -0.462 e. The molecule has 61 heavy (non-hydrogen) atoms. The molecule has 1 unspecified atom stereocenters. The van der Waals surface area contributed by atoms with Gasteiger partial charge in [0.2, 0.25) is 5.78 Å². The maximum atomic E-state index is 12.8. The number of benzene rings is 3. The maximum absolute atomic E-state index is 12.8. The second kappa shape index (κ2) is 26.7. The minimum atomic E-state index is -0.872. The Labute approximate surface area is 360 Å². The fraction of sp³-hybridized carbons (Fsp3) is 0.378. The molecule has 15 nitrogen and oxygen atoms in total. The largest absolute Gasteiger partial charge is 0.462 e. The number of alkyl carbamates (subject to hydrolysis) is 1. The van der Waals surface area contributed by atoms with Crippen LogP contribution in [0.2, 0.25) is 0 Å². The summed E-state index contributed by atoms with van der Waals surface area (Å²) in [6, 6.07) is 20.2. The highest BCUT2D eigenvalue weighted by atomic mass is 32.2. The van der Waals surface area contributed by atoms with E-state index < -0.39 is 35.2 Å². The van der Waals surface area contributed by atoms with Crippen LogP contribution in [0.25, 0.3) is 0 Å². The number of carbonyl (C=O) groups is 7. The number of oxime groups is 1. The Balaban J connectivity index is 0.000000517. The predicted molar refractivity (Wildman–Crippen MR) is 228 cm³/mol. The van der Waals surface area contributed by atoms with E-state index in [-0.39, 0.29) is 67.7 Å². The lowest BCUT2D eigenvalue weighted by Crippen LogP contribution is -2.31. The van der Waals surface area contributed by atoms with Gasteiger partial charge in [-0.3, -0.25) is 14.4 Å². The lowest BCUT2D eigenvalue weighted by molar-refractivity contribution is -0.155. The number of esters is 4. The molecule has 0 spiro atoms. The number of nitrogens with one attached hydrogen (secondary N) is 1. The van der Waals surface area contributed by atoms with Crippen LogP contribution in [0.15, 0.2) is 100 Å². The highest BCUT2D eigenvalue weighted by Gasteiger charge is 2.27. The number of amides is 1. The molecule has 0 saturated heterocycles. The average Bonchev–Trinajstić information content (AvgIpc) is 3.27. The molecule has 0 radical (unpaired) electrons. The first-order valence-electron chi connectivity index (χ1n) is 19.6. The summed E-state index contributed by atoms with van der Waals surface area (Å²) < 4.78 is 24.9. The lowest BCUT2D eigenvalue weighted by atomic mass is 9.91. The van der Waals surface area contributed by atoms with Gasteiger partial charge in [0, 0.05) is 21.4 Å². The summed E-state index contributed by atoms with van der Waals surface area (Å²) in [6.07, 6.45) is 2.39. The molecule has 0 saturated carbocycles. The third kappa shape index (κ3) is 18.2. The van der Waals surface area contributed by atoms with Crippen LogP contribution < -0.4 is 10.1 Å². The minimum absolute atomic E-state index is 0.00112. The Kier molecular flexibility index (Phi) is 22.3. The first kappa shape index (κ1) is 50.9. The van der Waals surface area contributed by atoms with Gasteiger partial charge in [-0.05, 0) is 101 Å². The second-order valence-electron chi connectivity index (χ2n) is 13.7. The third-order valence-electron chi connectivity index (χ3n) is 8.58. The fourth-order valence-electron chi connectivity index (χ4n) is 4.31. The van der Waals surface area contributed by atoms with E-state index in [0.29, 0.717) is 30.6 Å². The highest BCUT2D eigenvalue weighted by molar-refractivity contribution is 7.99. The molecule has 0 aromatic heterocycles. The average molecular weight is 863 g/mol. The summed E-state index contributed by atoms with van der Waals surface area (Å²) in [4.78, 5) is 89.9. The number of Topliss-reactive ketones (excluding diaryl/α,β-unsaturated/α-hetero) is 1. The molecule has 0 aliphatic carbocycles. The summed E-state index contributed by atoms with van der Waals surface area (Å²) in [5, 5.41) is 6.08. The maximum Gasteiger partial charge on any atom is 0.407 e. The van der Waals surface area contributed by atoms with Crippen molar-refractivity contribution in [3.63, 3.8) is 0 Å². The zero-order valence-corrected chi connectivity index (χ0v) is 36.4. The van der Waals surface area contributed by atoms with Gasteiger partial charge >= 0.3 is 35.9 Å². The van der Waals surface area contributed by atoms with Gasteiger partial charge in [0.05, 0.1) is 35.6 Å². The zero-order valence-electron chi connectivity index (χ0n) is 35.6. The summed E-state index contributed by atoms with van der Waals surface area (Å²) in [5.41, 5.74) is -0.137. The molecule has 1 atom stereocenters. The first-order chi connectivity index (χ1) is 29.1. The molecule has 0 aliphatic heterocycles. The number of carbonyl (C=O) groups excluding carboxylic acids is 7. The predicted octanol–water partition coefficient (Wildman–Crippen LogP) is 8.19. The lowest BCUT2D eigenvalue weighted by Gasteiger charge is -2.20. The number of ketones is 1. The van der Waals surface area contributed by atoms with Crippen molar-refractivity contribution in [3.8, 4) is 5.75 Å². The van der Waals surface area contributed by atoms with Crippen LogP contribution >= 0.6 is 11.8 Å². The van der Waals surface area contributed by atoms with E-state index in [0.717, 1.165) is 15.9 Å². The van der Waals surface area contributed by atoms with Crippen LogP contribution in [0.1, 0.15) is 98.8 Å². The molecule has 0 heterocycles. The molecular weight excluding hydrogens is 809 g/mol. The normalized spacial score (nSPS) is 11.4. The molecule has 0 bridgehead atoms. The molecule has 0 fully saturated rings. The smallest absolute Gasteiger partial charge is 0.407 e. The van der Waals surface area contributed by atoms with Gasteiger partial charge in [0.15, 0.2) is 0 Å². The third-order valence-corrected chi connectivity index (χ3v) is 9.59. The molecule has 1 amide bonds. The SMILES string of the molecule is C=CC(=O)OCCNC(=O)OCCOC(=O)C(C)(C)CC.CCCOC(=O)c1ccccc1C(=O)O/N=C(\C)C(=O)c1ccc(Sc2ccc(OC(=O)C(C)CC)cc2)cc1. The van der Waals surface area contributed by atoms with Crippen molar-refractivity contribution in [2.75, 3.05) is 33.0 Å². The number of hydrogen-bond donors (Lipinski definition) is 1. The van der Waals surface area contributed by atoms with E-state index in [2.05, 4.69) is 21.8 Å². The molecular formula is C45H54N2O13S. The van der Waals surface area contributed by atoms with Crippen molar-refractivity contribution in [2.24, 2.45) is 16.5 Å². The van der Waals surface area contributed by atoms with Crippen molar-refractivity contribution in [2.45, 2.75) is 77.5 Å². The Hall–Kier alpha value is -6.29. The summed E-state index contributed by atoms with van der Waals surface area (Å²) in [7, 11) is 0. The van der Waals surface area contributed by atoms with Crippen LogP contribution in [0.5, 0.6) is 5.75 Å². The Morgan fingerprint density at radius 3 is 1.93 bits per heavy atom. The van der Waals surface area contributed by atoms with Crippen LogP contribution in [0, 0.1) is 11.3 Å². The van der Waals surface area contributed by atoms with E-state index in [4.69, 9.17) is 23.8 Å². The Bertz CT molecular complexity index is 1990. The Morgan fingerprint density at radius 2 is 1.36 bits per heavy atom. The van der Waals surface area contributed by atoms with Gasteiger partial charge in [-0.1, -0.05) is 63.3 Å². The highest BCUT2D eigenvalue weighted by Crippen LogP contribution is 2.30. The topological polar surface area (TPSA) is 199 Å². The van der Waals surface area contributed by atoms with E-state index in [1.165, 1.54) is 30.8 Å². The van der Waals surface area contributed by atoms with E-state index in [1.807, 2.05) is 39.8 Å². The fourth-order valence-corrected chi connectivity index (χ4v) is 5.13. The number of rotatable bonds is 21. The summed E-state index contributed by atoms with van der Waals surface area (Å²) >= 11 is 1.49. The molecule has 328 valence electrons. The standard InChI is InChI=1S/C31H31NO7S.C14H23NO6/c1-5-19-37-30(35)26-9-7-8-10-27(26)31(36)39-32-21(4)28(33)22-11-15-24(16-12-22)40-25-17-13-23(14-18-25)38-29(34)20(3)6-2;1-5-11(16)19-8-7-15-13(18)21-10-9-20-12(17)14(3,4)6-2/h7-18,20H,5-6,19H2,1-4H3;5H,1,6-10H2,2-4H3,(H,15,18)/b32-21+;. The van der Waals surface area contributed by atoms with Crippen molar-refractivity contribution in [3.05, 3.63) is 102 Å². The van der Waals surface area contributed by atoms with E-state index in [1.54, 1.807) is 62.4 Å². The number of ether oxygens (including phenoxy) is 5. The van der Waals surface area contributed by atoms with Gasteiger partial charge in [0.25, 0.3) is 0 Å². The van der Waals surface area contributed by atoms with Crippen LogP contribution in [-0.2, 0) is 38.2 Å². The first-order valence-corrected chi connectivity index (χ1v) is 20.4. The van der Waals surface area contributed by atoms with Crippen molar-refractivity contribution < 1.29 is 62.1 Å². The quantitative estimate of drug-likeness (QED) is 0.0124. The van der Waals surface area contributed by atoms with Crippen molar-refractivity contribution >= 4 is 59.2 Å². The van der Waals surface area contributed by atoms with Gasteiger partial charge in [-0.25, -0.2) is 19.2 Å². The monoisotopic (exact) mass is 862 g/mol. The van der Waals surface area contributed by atoms with Gasteiger partial charge in [-0.15, -0.1) is 0 Å². The number of hydrogen-bond acceptors (Lipinski definition) is 15. The summed E-state index contributed by atoms with van der Waals surface area (Å²) in [5.74, 6) is -2.73. The zero-order chi connectivity index (χ0) is 45.4. The number of nitrogens with zero attached hydrogens (tertiary/aromatic N) is 1. The van der Waals surface area contributed by atoms with E-state index >= 15 is 0 Å². The van der Waals surface area contributed by atoms with Crippen LogP contribution in [-0.4, -0.2) is 80.4 Å². The van der Waals surface area contributed by atoms with Crippen molar-refractivity contribution in [1.29, 1.82) is 0 Å². The molecule has 3 aromatic rings. The molecule has 3 rings (SSSR count). The van der Waals surface area contributed by atoms with Crippen LogP contribution in [0.3, 0.4) is 0 Å².